The Labute approximate surface area is 195 Å². The lowest BCUT2D eigenvalue weighted by Gasteiger charge is -2.17. The van der Waals surface area contributed by atoms with E-state index in [1.807, 2.05) is 0 Å². The van der Waals surface area contributed by atoms with E-state index in [9.17, 15) is 18.4 Å². The third-order valence-electron chi connectivity index (χ3n) is 5.56. The summed E-state index contributed by atoms with van der Waals surface area (Å²) in [5, 5.41) is 5.50. The van der Waals surface area contributed by atoms with Crippen LogP contribution in [0.15, 0.2) is 66.3 Å². The van der Waals surface area contributed by atoms with Crippen molar-refractivity contribution in [1.82, 2.24) is 9.97 Å². The van der Waals surface area contributed by atoms with Crippen LogP contribution in [-0.4, -0.2) is 34.5 Å². The topological polar surface area (TPSA) is 84.8 Å². The quantitative estimate of drug-likeness (QED) is 0.484. The van der Waals surface area contributed by atoms with Gasteiger partial charge < -0.3 is 4.74 Å². The molecule has 0 saturated carbocycles. The number of Topliss-reactive ketones (excluding diaryl/α,β-unsaturated/α-hetero) is 1. The fraction of sp³-hybridized carbons (Fsp3) is 0.240. The molecule has 2 aromatic carbocycles. The van der Waals surface area contributed by atoms with Gasteiger partial charge in [-0.25, -0.2) is 18.7 Å². The number of methoxy groups -OCH3 is 1. The Bertz CT molecular complexity index is 1270. The van der Waals surface area contributed by atoms with E-state index in [0.717, 1.165) is 6.92 Å². The molecule has 1 aliphatic heterocycles. The van der Waals surface area contributed by atoms with Gasteiger partial charge in [0.15, 0.2) is 5.78 Å². The molecular weight excluding hydrogens is 442 g/mol. The number of aromatic nitrogens is 2. The van der Waals surface area contributed by atoms with Crippen molar-refractivity contribution in [2.45, 2.75) is 26.2 Å². The Morgan fingerprint density at radius 2 is 1.88 bits per heavy atom. The molecule has 2 heterocycles. The van der Waals surface area contributed by atoms with Crippen LogP contribution in [0.25, 0.3) is 11.1 Å². The summed E-state index contributed by atoms with van der Waals surface area (Å²) in [5.41, 5.74) is 2.37. The second-order valence-electron chi connectivity index (χ2n) is 8.07. The molecule has 34 heavy (non-hydrogen) atoms. The summed E-state index contributed by atoms with van der Waals surface area (Å²) in [6, 6.07) is 10.7. The summed E-state index contributed by atoms with van der Waals surface area (Å²) in [4.78, 5) is 34.2. The van der Waals surface area contributed by atoms with Gasteiger partial charge in [-0.2, -0.15) is 10.1 Å². The maximum absolute atomic E-state index is 13.7. The predicted octanol–water partition coefficient (Wildman–Crippen LogP) is 4.41. The zero-order valence-corrected chi connectivity index (χ0v) is 18.8. The van der Waals surface area contributed by atoms with Crippen LogP contribution in [0.5, 0.6) is 5.75 Å². The first-order chi connectivity index (χ1) is 16.2. The molecule has 1 aliphatic rings. The van der Waals surface area contributed by atoms with E-state index in [-0.39, 0.29) is 12.0 Å². The number of halogens is 2. The third-order valence-corrected chi connectivity index (χ3v) is 5.56. The molecule has 0 bridgehead atoms. The van der Waals surface area contributed by atoms with Crippen molar-refractivity contribution in [3.05, 3.63) is 72.3 Å². The van der Waals surface area contributed by atoms with Crippen LogP contribution in [-0.2, 0) is 21.9 Å². The summed E-state index contributed by atoms with van der Waals surface area (Å²) in [6.07, 6.45) is 4.49. The van der Waals surface area contributed by atoms with Crippen LogP contribution >= 0.6 is 0 Å². The molecular formula is C25H22F2N4O3. The van der Waals surface area contributed by atoms with E-state index >= 15 is 0 Å². The lowest BCUT2D eigenvalue weighted by atomic mass is 9.93. The summed E-state index contributed by atoms with van der Waals surface area (Å²) in [7, 11) is 1.53. The molecule has 0 fully saturated rings. The third kappa shape index (κ3) is 4.54. The van der Waals surface area contributed by atoms with Crippen LogP contribution < -0.4 is 9.75 Å². The van der Waals surface area contributed by atoms with Crippen molar-refractivity contribution in [1.29, 1.82) is 0 Å². The molecule has 174 valence electrons. The highest BCUT2D eigenvalue weighted by atomic mass is 19.3. The fourth-order valence-electron chi connectivity index (χ4n) is 3.87. The molecule has 0 spiro atoms. The standard InChI is InChI=1S/C25H22F2N4O3/c1-15-23(21(32)10-16-5-4-6-18(9-16)25(2,26)27)24(33)31(30-15)19-7-8-22(34-3)20(11-19)17-12-28-14-29-13-17/h4-9,11-14,23H,10H2,1-3H3. The minimum atomic E-state index is -3.02. The lowest BCUT2D eigenvalue weighted by Crippen LogP contribution is -2.33. The van der Waals surface area contributed by atoms with Crippen LogP contribution in [0.4, 0.5) is 14.5 Å². The number of carbonyl (C=O) groups excluding carboxylic acids is 2. The van der Waals surface area contributed by atoms with E-state index < -0.39 is 23.5 Å². The average molecular weight is 464 g/mol. The molecule has 1 amide bonds. The van der Waals surface area contributed by atoms with Gasteiger partial charge in [-0.1, -0.05) is 18.2 Å². The number of rotatable bonds is 7. The van der Waals surface area contributed by atoms with E-state index in [4.69, 9.17) is 4.74 Å². The average Bonchev–Trinajstić information content (AvgIpc) is 3.12. The number of benzene rings is 2. The maximum Gasteiger partial charge on any atom is 0.270 e. The van der Waals surface area contributed by atoms with Crippen molar-refractivity contribution in [2.24, 2.45) is 11.0 Å². The maximum atomic E-state index is 13.7. The van der Waals surface area contributed by atoms with Gasteiger partial charge in [-0.3, -0.25) is 9.59 Å². The summed E-state index contributed by atoms with van der Waals surface area (Å²) >= 11 is 0. The first kappa shape index (κ1) is 23.2. The van der Waals surface area contributed by atoms with Gasteiger partial charge in [0.25, 0.3) is 11.8 Å². The van der Waals surface area contributed by atoms with Gasteiger partial charge in [0.2, 0.25) is 0 Å². The number of anilines is 1. The number of ether oxygens (including phenoxy) is 1. The molecule has 1 unspecified atom stereocenters. The normalized spacial score (nSPS) is 15.9. The Kier molecular flexibility index (Phi) is 6.19. The van der Waals surface area contributed by atoms with Crippen molar-refractivity contribution in [3.8, 4) is 16.9 Å². The molecule has 0 radical (unpaired) electrons. The van der Waals surface area contributed by atoms with Crippen molar-refractivity contribution in [3.63, 3.8) is 0 Å². The van der Waals surface area contributed by atoms with Gasteiger partial charge in [-0.05, 0) is 36.8 Å². The van der Waals surface area contributed by atoms with Crippen LogP contribution in [0.3, 0.4) is 0 Å². The van der Waals surface area contributed by atoms with Gasteiger partial charge in [0.1, 0.15) is 18.0 Å². The minimum Gasteiger partial charge on any atom is -0.496 e. The number of ketones is 1. The zero-order valence-electron chi connectivity index (χ0n) is 18.8. The minimum absolute atomic E-state index is 0.157. The van der Waals surface area contributed by atoms with E-state index in [0.29, 0.717) is 33.8 Å². The SMILES string of the molecule is COc1ccc(N2N=C(C)C(C(=O)Cc3cccc(C(C)(F)F)c3)C2=O)cc1-c1cncnc1. The molecule has 9 heteroatoms. The van der Waals surface area contributed by atoms with Gasteiger partial charge >= 0.3 is 0 Å². The summed E-state index contributed by atoms with van der Waals surface area (Å²) in [5.74, 6) is -4.45. The smallest absolute Gasteiger partial charge is 0.270 e. The predicted molar refractivity (Wildman–Crippen MR) is 123 cm³/mol. The highest BCUT2D eigenvalue weighted by Crippen LogP contribution is 2.35. The van der Waals surface area contributed by atoms with Crippen LogP contribution in [0.2, 0.25) is 0 Å². The molecule has 0 aliphatic carbocycles. The Morgan fingerprint density at radius 3 is 2.56 bits per heavy atom. The van der Waals surface area contributed by atoms with Crippen molar-refractivity contribution < 1.29 is 23.1 Å². The van der Waals surface area contributed by atoms with Gasteiger partial charge in [-0.15, -0.1) is 0 Å². The number of hydrazone groups is 1. The van der Waals surface area contributed by atoms with Gasteiger partial charge in [0.05, 0.1) is 18.5 Å². The number of amides is 1. The molecule has 1 atom stereocenters. The molecule has 0 N–H and O–H groups in total. The largest absolute Gasteiger partial charge is 0.496 e. The van der Waals surface area contributed by atoms with Crippen LogP contribution in [0.1, 0.15) is 25.0 Å². The van der Waals surface area contributed by atoms with Gasteiger partial charge in [0, 0.05) is 42.4 Å². The molecule has 1 aromatic heterocycles. The molecule has 3 aromatic rings. The number of carbonyl (C=O) groups is 2. The summed E-state index contributed by atoms with van der Waals surface area (Å²) in [6.45, 7) is 2.40. The summed E-state index contributed by atoms with van der Waals surface area (Å²) < 4.78 is 32.7. The zero-order chi connectivity index (χ0) is 24.5. The Hall–Kier alpha value is -4.01. The number of hydrogen-bond acceptors (Lipinski definition) is 6. The van der Waals surface area contributed by atoms with Crippen molar-refractivity contribution >= 4 is 23.1 Å². The second kappa shape index (κ2) is 9.09. The van der Waals surface area contributed by atoms with E-state index in [1.54, 1.807) is 43.6 Å². The number of hydrogen-bond donors (Lipinski definition) is 0. The second-order valence-corrected chi connectivity index (χ2v) is 8.07. The van der Waals surface area contributed by atoms with Crippen LogP contribution in [0, 0.1) is 5.92 Å². The van der Waals surface area contributed by atoms with E-state index in [1.165, 1.54) is 36.6 Å². The monoisotopic (exact) mass is 464 g/mol. The molecule has 7 nitrogen and oxygen atoms in total. The fourth-order valence-corrected chi connectivity index (χ4v) is 3.87. The first-order valence-corrected chi connectivity index (χ1v) is 10.5. The van der Waals surface area contributed by atoms with E-state index in [2.05, 4.69) is 15.1 Å². The molecule has 4 rings (SSSR count). The molecule has 0 saturated heterocycles. The first-order valence-electron chi connectivity index (χ1n) is 10.5. The lowest BCUT2D eigenvalue weighted by molar-refractivity contribution is -0.128. The highest BCUT2D eigenvalue weighted by molar-refractivity contribution is 6.27. The highest BCUT2D eigenvalue weighted by Gasteiger charge is 2.39. The van der Waals surface area contributed by atoms with Crippen molar-refractivity contribution in [2.75, 3.05) is 12.1 Å². The number of alkyl halides is 2. The Balaban J connectivity index is 1.59. The number of nitrogens with zero attached hydrogens (tertiary/aromatic N) is 4. The Morgan fingerprint density at radius 1 is 1.15 bits per heavy atom.